The molecule has 1 aromatic carbocycles. The number of piperazine rings is 1. The van der Waals surface area contributed by atoms with Gasteiger partial charge in [-0.2, -0.15) is 0 Å². The van der Waals surface area contributed by atoms with Gasteiger partial charge in [0.25, 0.3) is 0 Å². The number of carbonyl (C=O) groups excluding carboxylic acids is 1. The van der Waals surface area contributed by atoms with E-state index in [0.29, 0.717) is 6.42 Å². The number of hydrogen-bond donors (Lipinski definition) is 1. The van der Waals surface area contributed by atoms with E-state index in [-0.39, 0.29) is 5.91 Å². The average molecular weight is 317 g/mol. The van der Waals surface area contributed by atoms with Gasteiger partial charge < -0.3 is 10.6 Å². The van der Waals surface area contributed by atoms with Crippen LogP contribution in [0.15, 0.2) is 24.3 Å². The molecule has 0 radical (unpaired) electrons. The fourth-order valence-electron chi connectivity index (χ4n) is 3.16. The van der Waals surface area contributed by atoms with Crippen molar-refractivity contribution < 1.29 is 4.79 Å². The third-order valence-electron chi connectivity index (χ3n) is 4.19. The number of benzene rings is 1. The molecule has 2 N–H and O–H groups in total. The van der Waals surface area contributed by atoms with Crippen molar-refractivity contribution in [3.8, 4) is 0 Å². The largest absolute Gasteiger partial charge is 0.369 e. The average Bonchev–Trinajstić information content (AvgIpc) is 2.89. The summed E-state index contributed by atoms with van der Waals surface area (Å²) in [7, 11) is 0. The highest BCUT2D eigenvalue weighted by Gasteiger charge is 2.19. The first-order valence-electron chi connectivity index (χ1n) is 7.94. The Morgan fingerprint density at radius 3 is 2.73 bits per heavy atom. The molecule has 0 aliphatic carbocycles. The van der Waals surface area contributed by atoms with Crippen LogP contribution in [0.3, 0.4) is 0 Å². The van der Waals surface area contributed by atoms with Gasteiger partial charge in [-0.15, -0.1) is 11.3 Å². The number of amides is 1. The normalized spacial score (nSPS) is 16.3. The number of rotatable bonds is 5. The van der Waals surface area contributed by atoms with Gasteiger partial charge >= 0.3 is 0 Å². The summed E-state index contributed by atoms with van der Waals surface area (Å²) in [4.78, 5) is 17.2. The first-order chi connectivity index (χ1) is 10.7. The molecule has 0 unspecified atom stereocenters. The second kappa shape index (κ2) is 6.67. The number of hydrogen-bond acceptors (Lipinski definition) is 4. The van der Waals surface area contributed by atoms with Gasteiger partial charge in [0.2, 0.25) is 5.91 Å². The fourth-order valence-corrected chi connectivity index (χ4v) is 4.26. The number of nitrogens with zero attached hydrogens (tertiary/aromatic N) is 2. The topological polar surface area (TPSA) is 49.6 Å². The number of primary amides is 1. The summed E-state index contributed by atoms with van der Waals surface area (Å²) in [5.41, 5.74) is 6.61. The molecule has 0 spiro atoms. The molecule has 1 aliphatic heterocycles. The number of nitrogens with two attached hydrogens (primary N) is 1. The van der Waals surface area contributed by atoms with Crippen LogP contribution in [0.1, 0.15) is 18.2 Å². The highest BCUT2D eigenvalue weighted by atomic mass is 32.1. The van der Waals surface area contributed by atoms with Crippen LogP contribution in [-0.2, 0) is 11.2 Å². The quantitative estimate of drug-likeness (QED) is 0.921. The third-order valence-corrected chi connectivity index (χ3v) is 5.29. The van der Waals surface area contributed by atoms with Crippen molar-refractivity contribution in [2.24, 2.45) is 5.73 Å². The molecule has 1 amide bonds. The highest BCUT2D eigenvalue weighted by molar-refractivity contribution is 7.19. The molecule has 0 atom stereocenters. The van der Waals surface area contributed by atoms with E-state index in [9.17, 15) is 4.79 Å². The Kier molecular flexibility index (Phi) is 4.64. The summed E-state index contributed by atoms with van der Waals surface area (Å²) >= 11 is 1.67. The number of thiophene rings is 1. The minimum atomic E-state index is -0.263. The lowest BCUT2D eigenvalue weighted by molar-refractivity contribution is -0.117. The molecule has 1 aliphatic rings. The second-order valence-corrected chi connectivity index (χ2v) is 7.04. The molecule has 5 heteroatoms. The van der Waals surface area contributed by atoms with Gasteiger partial charge in [-0.25, -0.2) is 0 Å². The lowest BCUT2D eigenvalue weighted by Crippen LogP contribution is -2.46. The molecule has 22 heavy (non-hydrogen) atoms. The number of fused-ring (bicyclic) bond motifs is 1. The first-order valence-corrected chi connectivity index (χ1v) is 8.76. The van der Waals surface area contributed by atoms with Crippen LogP contribution in [0, 0.1) is 0 Å². The van der Waals surface area contributed by atoms with Crippen molar-refractivity contribution in [1.82, 2.24) is 4.90 Å². The van der Waals surface area contributed by atoms with Crippen molar-refractivity contribution in [3.05, 3.63) is 29.1 Å². The van der Waals surface area contributed by atoms with E-state index in [1.807, 2.05) is 0 Å². The standard InChI is InChI=1S/C17H23N3OS/c1-2-6-19-7-9-20(10-8-19)15-4-3-5-16-14(15)11-13(22-16)12-17(18)21/h3-5,11H,2,6-10,12H2,1H3,(H2,18,21). The Hall–Kier alpha value is -1.59. The van der Waals surface area contributed by atoms with Gasteiger partial charge in [0.15, 0.2) is 0 Å². The van der Waals surface area contributed by atoms with Crippen LogP contribution in [0.25, 0.3) is 10.1 Å². The molecule has 1 fully saturated rings. The molecule has 1 aromatic heterocycles. The van der Waals surface area contributed by atoms with Crippen LogP contribution in [0.2, 0.25) is 0 Å². The van der Waals surface area contributed by atoms with Crippen LogP contribution in [0.4, 0.5) is 5.69 Å². The fraction of sp³-hybridized carbons (Fsp3) is 0.471. The lowest BCUT2D eigenvalue weighted by atomic mass is 10.1. The molecule has 2 heterocycles. The summed E-state index contributed by atoms with van der Waals surface area (Å²) in [6.07, 6.45) is 1.56. The van der Waals surface area contributed by atoms with Gasteiger partial charge in [-0.05, 0) is 31.2 Å². The Morgan fingerprint density at radius 2 is 2.05 bits per heavy atom. The minimum absolute atomic E-state index is 0.263. The summed E-state index contributed by atoms with van der Waals surface area (Å²) < 4.78 is 1.24. The van der Waals surface area contributed by atoms with E-state index in [1.165, 1.54) is 28.7 Å². The number of anilines is 1. The summed E-state index contributed by atoms with van der Waals surface area (Å²) in [5.74, 6) is -0.263. The molecule has 4 nitrogen and oxygen atoms in total. The molecule has 118 valence electrons. The van der Waals surface area contributed by atoms with Gasteiger partial charge in [0.05, 0.1) is 6.42 Å². The second-order valence-electron chi connectivity index (χ2n) is 5.87. The lowest BCUT2D eigenvalue weighted by Gasteiger charge is -2.36. The van der Waals surface area contributed by atoms with Crippen molar-refractivity contribution >= 4 is 33.0 Å². The Balaban J connectivity index is 1.82. The van der Waals surface area contributed by atoms with Crippen molar-refractivity contribution in [3.63, 3.8) is 0 Å². The van der Waals surface area contributed by atoms with Crippen LogP contribution in [-0.4, -0.2) is 43.5 Å². The Morgan fingerprint density at radius 1 is 1.27 bits per heavy atom. The molecular formula is C17H23N3OS. The summed E-state index contributed by atoms with van der Waals surface area (Å²) in [5, 5.41) is 1.26. The van der Waals surface area contributed by atoms with Gasteiger partial charge in [0.1, 0.15) is 0 Å². The van der Waals surface area contributed by atoms with Crippen molar-refractivity contribution in [2.45, 2.75) is 19.8 Å². The molecule has 3 rings (SSSR count). The van der Waals surface area contributed by atoms with E-state index < -0.39 is 0 Å². The Bertz CT molecular complexity index is 659. The summed E-state index contributed by atoms with van der Waals surface area (Å²) in [6, 6.07) is 8.57. The Labute approximate surface area is 135 Å². The van der Waals surface area contributed by atoms with E-state index in [2.05, 4.69) is 41.0 Å². The maximum atomic E-state index is 11.1. The molecule has 0 saturated carbocycles. The zero-order valence-corrected chi connectivity index (χ0v) is 13.9. The smallest absolute Gasteiger partial charge is 0.222 e. The monoisotopic (exact) mass is 317 g/mol. The minimum Gasteiger partial charge on any atom is -0.369 e. The van der Waals surface area contributed by atoms with E-state index >= 15 is 0 Å². The zero-order chi connectivity index (χ0) is 15.5. The van der Waals surface area contributed by atoms with Crippen LogP contribution < -0.4 is 10.6 Å². The molecular weight excluding hydrogens is 294 g/mol. The number of carbonyl (C=O) groups is 1. The van der Waals surface area contributed by atoms with Crippen LogP contribution >= 0.6 is 11.3 Å². The van der Waals surface area contributed by atoms with Gasteiger partial charge in [0, 0.05) is 46.8 Å². The first kappa shape index (κ1) is 15.3. The molecule has 2 aromatic rings. The predicted molar refractivity (Wildman–Crippen MR) is 93.7 cm³/mol. The third kappa shape index (κ3) is 3.25. The molecule has 1 saturated heterocycles. The predicted octanol–water partition coefficient (Wildman–Crippen LogP) is 2.46. The molecule has 0 bridgehead atoms. The maximum absolute atomic E-state index is 11.1. The maximum Gasteiger partial charge on any atom is 0.222 e. The van der Waals surface area contributed by atoms with Gasteiger partial charge in [-0.1, -0.05) is 13.0 Å². The van der Waals surface area contributed by atoms with Gasteiger partial charge in [-0.3, -0.25) is 9.69 Å². The van der Waals surface area contributed by atoms with Crippen molar-refractivity contribution in [1.29, 1.82) is 0 Å². The van der Waals surface area contributed by atoms with E-state index in [1.54, 1.807) is 11.3 Å². The SMILES string of the molecule is CCCN1CCN(c2cccc3sc(CC(N)=O)cc23)CC1. The van der Waals surface area contributed by atoms with Crippen LogP contribution in [0.5, 0.6) is 0 Å². The highest BCUT2D eigenvalue weighted by Crippen LogP contribution is 2.34. The van der Waals surface area contributed by atoms with Crippen molar-refractivity contribution in [2.75, 3.05) is 37.6 Å². The summed E-state index contributed by atoms with van der Waals surface area (Å²) in [6.45, 7) is 7.82. The zero-order valence-electron chi connectivity index (χ0n) is 13.0. The van der Waals surface area contributed by atoms with E-state index in [0.717, 1.165) is 31.1 Å². The van der Waals surface area contributed by atoms with E-state index in [4.69, 9.17) is 5.73 Å².